The minimum atomic E-state index is -0.884. The lowest BCUT2D eigenvalue weighted by atomic mass is 10.0. The lowest BCUT2D eigenvalue weighted by Gasteiger charge is -2.30. The van der Waals surface area contributed by atoms with E-state index in [1.165, 1.54) is 14.2 Å². The number of ether oxygens (including phenoxy) is 2. The van der Waals surface area contributed by atoms with Crippen molar-refractivity contribution >= 4 is 35.6 Å². The van der Waals surface area contributed by atoms with Crippen molar-refractivity contribution in [3.63, 3.8) is 0 Å². The van der Waals surface area contributed by atoms with Gasteiger partial charge in [0.2, 0.25) is 11.8 Å². The first-order valence-electron chi connectivity index (χ1n) is 19.7. The van der Waals surface area contributed by atoms with Crippen molar-refractivity contribution in [3.05, 3.63) is 92.4 Å². The number of H-pyrrole nitrogens is 2. The molecule has 0 bridgehead atoms. The van der Waals surface area contributed by atoms with Crippen LogP contribution in [0.2, 0.25) is 5.15 Å². The van der Waals surface area contributed by atoms with Crippen molar-refractivity contribution in [2.75, 3.05) is 27.3 Å². The molecule has 0 spiro atoms. The van der Waals surface area contributed by atoms with Gasteiger partial charge in [0.15, 0.2) is 0 Å². The number of carbonyl (C=O) groups is 4. The minimum absolute atomic E-state index is 0.137. The molecule has 320 valence electrons. The second kappa shape index (κ2) is 19.1. The molecule has 6 atom stereocenters. The van der Waals surface area contributed by atoms with Crippen LogP contribution in [0, 0.1) is 11.8 Å². The molecule has 4 N–H and O–H groups in total. The molecule has 21 heteroatoms. The van der Waals surface area contributed by atoms with Crippen LogP contribution in [-0.4, -0.2) is 105 Å². The van der Waals surface area contributed by atoms with E-state index in [-0.39, 0.29) is 41.9 Å². The molecule has 4 aromatic rings. The Morgan fingerprint density at radius 2 is 1.18 bits per heavy atom. The van der Waals surface area contributed by atoms with E-state index in [0.717, 1.165) is 27.9 Å². The fourth-order valence-electron chi connectivity index (χ4n) is 7.74. The van der Waals surface area contributed by atoms with Gasteiger partial charge in [0, 0.05) is 28.5 Å². The Morgan fingerprint density at radius 3 is 1.62 bits per heavy atom. The number of benzene rings is 2. The van der Waals surface area contributed by atoms with Crippen LogP contribution in [0.1, 0.15) is 64.3 Å². The molecule has 0 saturated carbocycles. The molecule has 2 fully saturated rings. The van der Waals surface area contributed by atoms with Gasteiger partial charge in [0.05, 0.1) is 50.3 Å². The van der Waals surface area contributed by atoms with Crippen LogP contribution >= 0.6 is 11.6 Å². The average molecular weight is 855 g/mol. The van der Waals surface area contributed by atoms with Crippen molar-refractivity contribution < 1.29 is 28.7 Å². The normalized spacial score (nSPS) is 19.5. The number of imidazole rings is 2. The maximum atomic E-state index is 13.8. The molecular formula is C40H47ClN14O6. The lowest BCUT2D eigenvalue weighted by Crippen LogP contribution is -2.51. The van der Waals surface area contributed by atoms with Gasteiger partial charge in [-0.05, 0) is 52.4 Å². The van der Waals surface area contributed by atoms with Crippen LogP contribution in [0.5, 0.6) is 0 Å². The highest BCUT2D eigenvalue weighted by Gasteiger charge is 2.43. The SMILES string of the molecule is COC(=O)N[C@H](C(=O)N1C[C@H](N=[N+]=[N-])C[C@H]1c1ncc(-c2ccc(-c3ccc(-c4nc([C@@H]5C[C@@H](N=[N+]=[N-])CN5C(=O)[C@@H](NC(=O)OC)C(C)C)[nH]c4Cl)cc3)cc2)[nH]1)C(C)C. The van der Waals surface area contributed by atoms with Gasteiger partial charge < -0.3 is 39.9 Å². The van der Waals surface area contributed by atoms with Gasteiger partial charge in [-0.3, -0.25) is 9.59 Å². The van der Waals surface area contributed by atoms with Crippen molar-refractivity contribution in [2.45, 2.75) is 76.8 Å². The predicted octanol–water partition coefficient (Wildman–Crippen LogP) is 7.45. The largest absolute Gasteiger partial charge is 0.453 e. The van der Waals surface area contributed by atoms with Gasteiger partial charge in [-0.1, -0.05) is 98.1 Å². The molecule has 20 nitrogen and oxygen atoms in total. The van der Waals surface area contributed by atoms with Crippen LogP contribution in [-0.2, 0) is 19.1 Å². The summed E-state index contributed by atoms with van der Waals surface area (Å²) in [7, 11) is 2.46. The number of hydrogen-bond acceptors (Lipinski definition) is 10. The number of aromatic nitrogens is 4. The van der Waals surface area contributed by atoms with Gasteiger partial charge in [-0.15, -0.1) is 0 Å². The number of rotatable bonds is 13. The predicted molar refractivity (Wildman–Crippen MR) is 224 cm³/mol. The standard InChI is InChI=1S/C40H47ClN14O6/c1-20(2)31(47-39(58)60-5)37(56)54-18-26(50-52-42)15-29(54)35-44-17-28(45-35)24-11-7-22(8-12-24)23-9-13-25(14-10-23)33-34(41)49-36(46-33)30-16-27(51-53-43)19-55(30)38(57)32(21(3)4)48-40(59)61-6/h7-14,17,20-21,26-27,29-32H,15-16,18-19H2,1-6H3,(H,44,45)(H,46,49)(H,47,58)(H,48,59)/t26-,27-,29+,30+,31+,32+/m1/s1. The summed E-state index contributed by atoms with van der Waals surface area (Å²) in [6.45, 7) is 7.57. The Kier molecular flexibility index (Phi) is 13.7. The molecule has 2 aromatic carbocycles. The number of hydrogen-bond donors (Lipinski definition) is 4. The summed E-state index contributed by atoms with van der Waals surface area (Å²) in [4.78, 5) is 76.6. The Bertz CT molecular complexity index is 2330. The maximum absolute atomic E-state index is 13.8. The van der Waals surface area contributed by atoms with Crippen molar-refractivity contribution in [3.8, 4) is 33.6 Å². The van der Waals surface area contributed by atoms with E-state index < -0.39 is 48.4 Å². The van der Waals surface area contributed by atoms with E-state index in [9.17, 15) is 19.2 Å². The fourth-order valence-corrected chi connectivity index (χ4v) is 7.98. The highest BCUT2D eigenvalue weighted by molar-refractivity contribution is 6.31. The number of nitrogens with one attached hydrogen (secondary N) is 4. The van der Waals surface area contributed by atoms with Gasteiger partial charge >= 0.3 is 12.2 Å². The van der Waals surface area contributed by atoms with Crippen LogP contribution < -0.4 is 10.6 Å². The summed E-state index contributed by atoms with van der Waals surface area (Å²) >= 11 is 6.71. The molecule has 0 radical (unpaired) electrons. The number of aromatic amines is 2. The van der Waals surface area contributed by atoms with Gasteiger partial charge in [0.25, 0.3) is 0 Å². The van der Waals surface area contributed by atoms with E-state index in [0.29, 0.717) is 30.2 Å². The lowest BCUT2D eigenvalue weighted by molar-refractivity contribution is -0.136. The number of amides is 4. The Labute approximate surface area is 356 Å². The third-order valence-electron chi connectivity index (χ3n) is 10.9. The quantitative estimate of drug-likeness (QED) is 0.0594. The van der Waals surface area contributed by atoms with Crippen LogP contribution in [0.15, 0.2) is 65.0 Å². The second-order valence-corrected chi connectivity index (χ2v) is 15.9. The van der Waals surface area contributed by atoms with Crippen LogP contribution in [0.25, 0.3) is 54.5 Å². The second-order valence-electron chi connectivity index (χ2n) is 15.5. The van der Waals surface area contributed by atoms with Crippen LogP contribution in [0.4, 0.5) is 9.59 Å². The number of carbonyl (C=O) groups excluding carboxylic acids is 4. The third kappa shape index (κ3) is 9.67. The smallest absolute Gasteiger partial charge is 0.407 e. The van der Waals surface area contributed by atoms with E-state index in [1.807, 2.05) is 76.2 Å². The summed E-state index contributed by atoms with van der Waals surface area (Å²) in [5.74, 6) is -0.244. The minimum Gasteiger partial charge on any atom is -0.453 e. The number of likely N-dealkylation sites (tertiary alicyclic amines) is 2. The number of alkyl carbamates (subject to hydrolysis) is 2. The summed E-state index contributed by atoms with van der Waals surface area (Å²) < 4.78 is 9.48. The molecular weight excluding hydrogens is 808 g/mol. The Balaban J connectivity index is 1.18. The molecule has 4 amide bonds. The Morgan fingerprint density at radius 1 is 0.738 bits per heavy atom. The molecule has 2 aromatic heterocycles. The summed E-state index contributed by atoms with van der Waals surface area (Å²) in [5, 5.41) is 13.3. The van der Waals surface area contributed by atoms with Gasteiger partial charge in [-0.25, -0.2) is 19.6 Å². The number of halogens is 1. The highest BCUT2D eigenvalue weighted by Crippen LogP contribution is 2.38. The maximum Gasteiger partial charge on any atom is 0.407 e. The Hall–Kier alpha value is -6.75. The van der Waals surface area contributed by atoms with Crippen molar-refractivity contribution in [1.82, 2.24) is 40.4 Å². The number of nitrogens with zero attached hydrogens (tertiary/aromatic N) is 10. The van der Waals surface area contributed by atoms with Crippen molar-refractivity contribution in [2.24, 2.45) is 22.1 Å². The van der Waals surface area contributed by atoms with E-state index in [2.05, 4.69) is 45.6 Å². The highest BCUT2D eigenvalue weighted by atomic mass is 35.5. The zero-order valence-electron chi connectivity index (χ0n) is 34.4. The summed E-state index contributed by atoms with van der Waals surface area (Å²) in [6, 6.07) is 11.7. The monoisotopic (exact) mass is 854 g/mol. The summed E-state index contributed by atoms with van der Waals surface area (Å²) in [5.41, 5.74) is 23.0. The molecule has 4 heterocycles. The van der Waals surface area contributed by atoms with E-state index in [1.54, 1.807) is 16.0 Å². The average Bonchev–Trinajstić information content (AvgIpc) is 4.08. The van der Waals surface area contributed by atoms with E-state index >= 15 is 0 Å². The molecule has 2 saturated heterocycles. The number of azide groups is 2. The van der Waals surface area contributed by atoms with Crippen LogP contribution in [0.3, 0.4) is 0 Å². The fraction of sp³-hybridized carbons (Fsp3) is 0.450. The first-order valence-corrected chi connectivity index (χ1v) is 20.0. The zero-order valence-corrected chi connectivity index (χ0v) is 35.2. The van der Waals surface area contributed by atoms with Gasteiger partial charge in [0.1, 0.15) is 34.6 Å². The number of methoxy groups -OCH3 is 2. The molecule has 0 aliphatic carbocycles. The van der Waals surface area contributed by atoms with Gasteiger partial charge in [-0.2, -0.15) is 0 Å². The molecule has 2 aliphatic heterocycles. The van der Waals surface area contributed by atoms with E-state index in [4.69, 9.17) is 37.1 Å². The molecule has 6 rings (SSSR count). The first kappa shape index (κ1) is 43.8. The summed E-state index contributed by atoms with van der Waals surface area (Å²) in [6.07, 6.45) is 0.906. The first-order chi connectivity index (χ1) is 29.3. The van der Waals surface area contributed by atoms with Crippen molar-refractivity contribution in [1.29, 1.82) is 0 Å². The molecule has 2 aliphatic rings. The topological polar surface area (TPSA) is 272 Å². The molecule has 61 heavy (non-hydrogen) atoms. The zero-order chi connectivity index (χ0) is 44.0. The molecule has 0 unspecified atom stereocenters. The third-order valence-corrected chi connectivity index (χ3v) is 11.2.